The van der Waals surface area contributed by atoms with Crippen molar-refractivity contribution in [2.75, 3.05) is 6.61 Å². The lowest BCUT2D eigenvalue weighted by Crippen LogP contribution is -2.29. The summed E-state index contributed by atoms with van der Waals surface area (Å²) >= 11 is 0. The van der Waals surface area contributed by atoms with Crippen LogP contribution in [0.3, 0.4) is 0 Å². The molecule has 68 valence electrons. The summed E-state index contributed by atoms with van der Waals surface area (Å²) in [5.74, 6) is 0.613. The number of rotatable bonds is 3. The summed E-state index contributed by atoms with van der Waals surface area (Å²) in [4.78, 5) is 0. The van der Waals surface area contributed by atoms with Crippen LogP contribution in [0.5, 0.6) is 0 Å². The topological polar surface area (TPSA) is 9.23 Å². The first-order valence-corrected chi connectivity index (χ1v) is 4.51. The lowest BCUT2D eigenvalue weighted by molar-refractivity contribution is 0.00103. The van der Waals surface area contributed by atoms with E-state index >= 15 is 0 Å². The molecule has 0 aromatic carbocycles. The van der Waals surface area contributed by atoms with E-state index in [0.29, 0.717) is 17.4 Å². The number of hydrogen-bond donors (Lipinski definition) is 0. The summed E-state index contributed by atoms with van der Waals surface area (Å²) < 4.78 is 5.53. The zero-order valence-electron chi connectivity index (χ0n) is 8.77. The average molecular weight is 158 g/mol. The van der Waals surface area contributed by atoms with Crippen LogP contribution >= 0.6 is 0 Å². The van der Waals surface area contributed by atoms with Gasteiger partial charge in [-0.2, -0.15) is 0 Å². The van der Waals surface area contributed by atoms with Crippen molar-refractivity contribution < 1.29 is 4.74 Å². The van der Waals surface area contributed by atoms with Gasteiger partial charge in [0.2, 0.25) is 0 Å². The van der Waals surface area contributed by atoms with Crippen LogP contribution in [0.4, 0.5) is 0 Å². The van der Waals surface area contributed by atoms with Gasteiger partial charge in [0.05, 0.1) is 6.10 Å². The minimum atomic E-state index is 0.356. The van der Waals surface area contributed by atoms with Crippen LogP contribution < -0.4 is 0 Å². The van der Waals surface area contributed by atoms with Gasteiger partial charge in [0.15, 0.2) is 0 Å². The average Bonchev–Trinajstić information content (AvgIpc) is 1.85. The molecule has 2 atom stereocenters. The van der Waals surface area contributed by atoms with Crippen molar-refractivity contribution in [3.05, 3.63) is 0 Å². The van der Waals surface area contributed by atoms with E-state index in [2.05, 4.69) is 34.6 Å². The van der Waals surface area contributed by atoms with E-state index in [9.17, 15) is 0 Å². The molecular formula is C10H22O. The van der Waals surface area contributed by atoms with Crippen molar-refractivity contribution in [2.45, 2.75) is 47.6 Å². The summed E-state index contributed by atoms with van der Waals surface area (Å²) in [5, 5.41) is 0. The maximum absolute atomic E-state index is 5.53. The van der Waals surface area contributed by atoms with E-state index in [0.717, 1.165) is 6.61 Å². The Balaban J connectivity index is 3.91. The highest BCUT2D eigenvalue weighted by Crippen LogP contribution is 2.29. The Kier molecular flexibility index (Phi) is 4.09. The molecule has 0 fully saturated rings. The van der Waals surface area contributed by atoms with Gasteiger partial charge in [-0.25, -0.2) is 0 Å². The molecule has 0 unspecified atom stereocenters. The lowest BCUT2D eigenvalue weighted by atomic mass is 9.79. The van der Waals surface area contributed by atoms with Gasteiger partial charge < -0.3 is 4.74 Å². The molecule has 11 heavy (non-hydrogen) atoms. The molecule has 0 aliphatic heterocycles. The minimum absolute atomic E-state index is 0.356. The van der Waals surface area contributed by atoms with E-state index < -0.39 is 0 Å². The smallest absolute Gasteiger partial charge is 0.0577 e. The Bertz CT molecular complexity index is 102. The van der Waals surface area contributed by atoms with Crippen LogP contribution in [0.2, 0.25) is 0 Å². The van der Waals surface area contributed by atoms with Crippen molar-refractivity contribution in [1.29, 1.82) is 0 Å². The Morgan fingerprint density at radius 3 is 1.91 bits per heavy atom. The highest BCUT2D eigenvalue weighted by Gasteiger charge is 2.25. The highest BCUT2D eigenvalue weighted by atomic mass is 16.5. The van der Waals surface area contributed by atoms with Gasteiger partial charge in [-0.15, -0.1) is 0 Å². The number of hydrogen-bond acceptors (Lipinski definition) is 1. The Hall–Kier alpha value is -0.0400. The first kappa shape index (κ1) is 11.0. The molecule has 0 rings (SSSR count). The molecular weight excluding hydrogens is 136 g/mol. The van der Waals surface area contributed by atoms with E-state index in [-0.39, 0.29) is 0 Å². The van der Waals surface area contributed by atoms with Gasteiger partial charge in [-0.05, 0) is 25.2 Å². The van der Waals surface area contributed by atoms with Crippen LogP contribution in [0.1, 0.15) is 41.5 Å². The van der Waals surface area contributed by atoms with Gasteiger partial charge in [0, 0.05) is 6.61 Å². The Labute approximate surface area is 71.1 Å². The van der Waals surface area contributed by atoms with Crippen LogP contribution in [0.15, 0.2) is 0 Å². The molecule has 1 heteroatoms. The molecule has 0 aliphatic carbocycles. The Morgan fingerprint density at radius 1 is 1.18 bits per heavy atom. The molecule has 0 aliphatic rings. The van der Waals surface area contributed by atoms with Crippen LogP contribution in [-0.4, -0.2) is 12.7 Å². The maximum Gasteiger partial charge on any atom is 0.0577 e. The molecule has 0 spiro atoms. The summed E-state index contributed by atoms with van der Waals surface area (Å²) in [6, 6.07) is 0. The summed E-state index contributed by atoms with van der Waals surface area (Å²) in [5.41, 5.74) is 0.356. The standard InChI is InChI=1S/C10H22O/c1-7-11-9(3)8(2)10(4,5)6/h8-9H,7H2,1-6H3/t8-,9-/m1/s1. The molecule has 0 radical (unpaired) electrons. The SMILES string of the molecule is CCO[C@H](C)[C@@H](C)C(C)(C)C. The maximum atomic E-state index is 5.53. The summed E-state index contributed by atoms with van der Waals surface area (Å²) in [6.07, 6.45) is 0.375. The van der Waals surface area contributed by atoms with Crippen LogP contribution in [-0.2, 0) is 4.74 Å². The lowest BCUT2D eigenvalue weighted by Gasteiger charge is -2.32. The van der Waals surface area contributed by atoms with Gasteiger partial charge in [0.1, 0.15) is 0 Å². The molecule has 0 heterocycles. The third kappa shape index (κ3) is 3.76. The van der Waals surface area contributed by atoms with Gasteiger partial charge in [-0.3, -0.25) is 0 Å². The first-order chi connectivity index (χ1) is 4.89. The summed E-state index contributed by atoms with van der Waals surface area (Å²) in [7, 11) is 0. The zero-order valence-corrected chi connectivity index (χ0v) is 8.77. The van der Waals surface area contributed by atoms with E-state index in [4.69, 9.17) is 4.74 Å². The van der Waals surface area contributed by atoms with E-state index in [1.165, 1.54) is 0 Å². The predicted molar refractivity (Wildman–Crippen MR) is 49.7 cm³/mol. The molecule has 0 bridgehead atoms. The Morgan fingerprint density at radius 2 is 1.64 bits per heavy atom. The molecule has 0 saturated heterocycles. The molecule has 0 aromatic rings. The fourth-order valence-corrected chi connectivity index (χ4v) is 1.11. The van der Waals surface area contributed by atoms with Crippen LogP contribution in [0, 0.1) is 11.3 Å². The third-order valence-electron chi connectivity index (χ3n) is 2.50. The van der Waals surface area contributed by atoms with Gasteiger partial charge in [-0.1, -0.05) is 27.7 Å². The fraction of sp³-hybridized carbons (Fsp3) is 1.00. The second-order valence-corrected chi connectivity index (χ2v) is 4.32. The van der Waals surface area contributed by atoms with E-state index in [1.807, 2.05) is 6.92 Å². The zero-order chi connectivity index (χ0) is 9.07. The molecule has 0 N–H and O–H groups in total. The van der Waals surface area contributed by atoms with Gasteiger partial charge in [0.25, 0.3) is 0 Å². The fourth-order valence-electron chi connectivity index (χ4n) is 1.11. The first-order valence-electron chi connectivity index (χ1n) is 4.51. The van der Waals surface area contributed by atoms with Crippen molar-refractivity contribution >= 4 is 0 Å². The number of ether oxygens (including phenoxy) is 1. The highest BCUT2D eigenvalue weighted by molar-refractivity contribution is 4.74. The van der Waals surface area contributed by atoms with Crippen LogP contribution in [0.25, 0.3) is 0 Å². The second-order valence-electron chi connectivity index (χ2n) is 4.32. The van der Waals surface area contributed by atoms with Gasteiger partial charge >= 0.3 is 0 Å². The van der Waals surface area contributed by atoms with Crippen molar-refractivity contribution in [1.82, 2.24) is 0 Å². The summed E-state index contributed by atoms with van der Waals surface area (Å²) in [6.45, 7) is 14.0. The minimum Gasteiger partial charge on any atom is -0.378 e. The molecule has 1 nitrogen and oxygen atoms in total. The molecule has 0 amide bonds. The quantitative estimate of drug-likeness (QED) is 0.613. The third-order valence-corrected chi connectivity index (χ3v) is 2.50. The van der Waals surface area contributed by atoms with Crippen molar-refractivity contribution in [2.24, 2.45) is 11.3 Å². The van der Waals surface area contributed by atoms with Crippen molar-refractivity contribution in [3.8, 4) is 0 Å². The van der Waals surface area contributed by atoms with E-state index in [1.54, 1.807) is 0 Å². The normalized spacial score (nSPS) is 18.0. The second kappa shape index (κ2) is 4.10. The van der Waals surface area contributed by atoms with Crippen molar-refractivity contribution in [3.63, 3.8) is 0 Å². The molecule has 0 saturated carbocycles. The predicted octanol–water partition coefficient (Wildman–Crippen LogP) is 3.09. The monoisotopic (exact) mass is 158 g/mol. The largest absolute Gasteiger partial charge is 0.378 e. The molecule has 0 aromatic heterocycles.